The highest BCUT2D eigenvalue weighted by atomic mass is 32.2. The van der Waals surface area contributed by atoms with Gasteiger partial charge in [-0.3, -0.25) is 0 Å². The Labute approximate surface area is 129 Å². The van der Waals surface area contributed by atoms with Gasteiger partial charge in [-0.05, 0) is 24.7 Å². The lowest BCUT2D eigenvalue weighted by atomic mass is 10.0. The maximum absolute atomic E-state index is 13.9. The monoisotopic (exact) mass is 315 g/mol. The number of methoxy groups -OCH3 is 1. The molecular formula is C15H22FNOS2. The van der Waals surface area contributed by atoms with E-state index in [4.69, 9.17) is 4.74 Å². The van der Waals surface area contributed by atoms with Gasteiger partial charge in [0.25, 0.3) is 0 Å². The molecule has 1 heterocycles. The second-order valence-corrected chi connectivity index (χ2v) is 8.11. The Bertz CT molecular complexity index is 457. The minimum atomic E-state index is -0.292. The molecule has 4 unspecified atom stereocenters. The fourth-order valence-corrected chi connectivity index (χ4v) is 5.58. The Kier molecular flexibility index (Phi) is 5.64. The quantitative estimate of drug-likeness (QED) is 0.914. The molecule has 2 rings (SSSR count). The fraction of sp³-hybridized carbons (Fsp3) is 0.600. The molecule has 20 heavy (non-hydrogen) atoms. The zero-order valence-corrected chi connectivity index (χ0v) is 14.0. The highest BCUT2D eigenvalue weighted by Gasteiger charge is 2.31. The summed E-state index contributed by atoms with van der Waals surface area (Å²) in [4.78, 5) is 0. The lowest BCUT2D eigenvalue weighted by Gasteiger charge is -2.36. The predicted molar refractivity (Wildman–Crippen MR) is 87.5 cm³/mol. The molecule has 0 bridgehead atoms. The lowest BCUT2D eigenvalue weighted by molar-refractivity contribution is 0.385. The molecule has 0 amide bonds. The standard InChI is InChI=1S/C15H22FNOS2/c1-9-10(2)20-14(8-19-9)15(17-3)11-5-6-13(18-4)12(16)7-11/h5-7,9-10,14-15,17H,8H2,1-4H3. The van der Waals surface area contributed by atoms with Crippen LogP contribution in [0.4, 0.5) is 4.39 Å². The van der Waals surface area contributed by atoms with E-state index >= 15 is 0 Å². The molecule has 1 aliphatic heterocycles. The molecule has 1 N–H and O–H groups in total. The number of nitrogens with one attached hydrogen (secondary N) is 1. The van der Waals surface area contributed by atoms with Gasteiger partial charge in [0.1, 0.15) is 0 Å². The number of halogens is 1. The van der Waals surface area contributed by atoms with Crippen molar-refractivity contribution < 1.29 is 9.13 Å². The van der Waals surface area contributed by atoms with Crippen LogP contribution in [-0.2, 0) is 0 Å². The second kappa shape index (κ2) is 7.05. The summed E-state index contributed by atoms with van der Waals surface area (Å²) in [6, 6.07) is 5.43. The Morgan fingerprint density at radius 2 is 2.10 bits per heavy atom. The normalized spacial score (nSPS) is 28.1. The van der Waals surface area contributed by atoms with Gasteiger partial charge in [0.2, 0.25) is 0 Å². The van der Waals surface area contributed by atoms with E-state index in [1.165, 1.54) is 7.11 Å². The SMILES string of the molecule is CNC(c1ccc(OC)c(F)c1)C1CSC(C)C(C)S1. The fourth-order valence-electron chi connectivity index (χ4n) is 2.43. The Morgan fingerprint density at radius 1 is 1.35 bits per heavy atom. The number of ether oxygens (including phenoxy) is 1. The van der Waals surface area contributed by atoms with Crippen molar-refractivity contribution in [3.05, 3.63) is 29.6 Å². The third kappa shape index (κ3) is 3.43. The van der Waals surface area contributed by atoms with Crippen molar-refractivity contribution in [2.45, 2.75) is 35.6 Å². The van der Waals surface area contributed by atoms with Crippen molar-refractivity contribution in [3.8, 4) is 5.75 Å². The molecule has 1 aromatic rings. The lowest BCUT2D eigenvalue weighted by Crippen LogP contribution is -2.35. The van der Waals surface area contributed by atoms with E-state index in [0.29, 0.717) is 21.5 Å². The molecule has 0 spiro atoms. The van der Waals surface area contributed by atoms with Crippen LogP contribution in [0, 0.1) is 5.82 Å². The van der Waals surface area contributed by atoms with Crippen molar-refractivity contribution in [2.75, 3.05) is 19.9 Å². The topological polar surface area (TPSA) is 21.3 Å². The highest BCUT2D eigenvalue weighted by Crippen LogP contribution is 2.41. The highest BCUT2D eigenvalue weighted by molar-refractivity contribution is 8.07. The largest absolute Gasteiger partial charge is 0.494 e. The van der Waals surface area contributed by atoms with Crippen LogP contribution in [0.25, 0.3) is 0 Å². The van der Waals surface area contributed by atoms with E-state index in [1.54, 1.807) is 12.1 Å². The molecule has 0 aromatic heterocycles. The summed E-state index contributed by atoms with van der Waals surface area (Å²) in [7, 11) is 3.44. The summed E-state index contributed by atoms with van der Waals surface area (Å²) in [5.74, 6) is 1.10. The van der Waals surface area contributed by atoms with E-state index in [2.05, 4.69) is 19.2 Å². The minimum Gasteiger partial charge on any atom is -0.494 e. The molecule has 1 saturated heterocycles. The van der Waals surface area contributed by atoms with Gasteiger partial charge in [-0.1, -0.05) is 19.9 Å². The van der Waals surface area contributed by atoms with Gasteiger partial charge in [0, 0.05) is 27.5 Å². The van der Waals surface area contributed by atoms with Gasteiger partial charge in [0.05, 0.1) is 7.11 Å². The van der Waals surface area contributed by atoms with Crippen LogP contribution in [0.5, 0.6) is 5.75 Å². The summed E-state index contributed by atoms with van der Waals surface area (Å²) in [5, 5.41) is 5.11. The van der Waals surface area contributed by atoms with Gasteiger partial charge in [0.15, 0.2) is 11.6 Å². The van der Waals surface area contributed by atoms with E-state index in [-0.39, 0.29) is 11.9 Å². The van der Waals surface area contributed by atoms with Crippen LogP contribution in [0.15, 0.2) is 18.2 Å². The van der Waals surface area contributed by atoms with E-state index in [1.807, 2.05) is 36.6 Å². The zero-order valence-electron chi connectivity index (χ0n) is 12.4. The van der Waals surface area contributed by atoms with Gasteiger partial charge < -0.3 is 10.1 Å². The first-order valence-electron chi connectivity index (χ1n) is 6.84. The van der Waals surface area contributed by atoms with Crippen molar-refractivity contribution in [2.24, 2.45) is 0 Å². The third-order valence-corrected chi connectivity index (χ3v) is 7.29. The summed E-state index contributed by atoms with van der Waals surface area (Å²) < 4.78 is 18.9. The molecule has 2 nitrogen and oxygen atoms in total. The molecule has 5 heteroatoms. The Hall–Kier alpha value is -0.390. The third-order valence-electron chi connectivity index (χ3n) is 3.79. The summed E-state index contributed by atoms with van der Waals surface area (Å²) in [5.41, 5.74) is 0.991. The first-order valence-corrected chi connectivity index (χ1v) is 8.83. The predicted octanol–water partition coefficient (Wildman–Crippen LogP) is 3.72. The van der Waals surface area contributed by atoms with E-state index < -0.39 is 0 Å². The maximum atomic E-state index is 13.9. The Morgan fingerprint density at radius 3 is 2.65 bits per heavy atom. The summed E-state index contributed by atoms with van der Waals surface area (Å²) >= 11 is 4.01. The molecule has 0 radical (unpaired) electrons. The van der Waals surface area contributed by atoms with Crippen LogP contribution in [0.1, 0.15) is 25.5 Å². The van der Waals surface area contributed by atoms with Gasteiger partial charge in [-0.25, -0.2) is 4.39 Å². The van der Waals surface area contributed by atoms with Crippen molar-refractivity contribution >= 4 is 23.5 Å². The van der Waals surface area contributed by atoms with Gasteiger partial charge in [-0.15, -0.1) is 0 Å². The van der Waals surface area contributed by atoms with Crippen LogP contribution in [0.2, 0.25) is 0 Å². The Balaban J connectivity index is 2.17. The minimum absolute atomic E-state index is 0.169. The van der Waals surface area contributed by atoms with Crippen LogP contribution in [0.3, 0.4) is 0 Å². The maximum Gasteiger partial charge on any atom is 0.165 e. The molecule has 1 aromatic carbocycles. The van der Waals surface area contributed by atoms with Crippen molar-refractivity contribution in [1.29, 1.82) is 0 Å². The average molecular weight is 315 g/mol. The second-order valence-electron chi connectivity index (χ2n) is 5.08. The number of benzene rings is 1. The van der Waals surface area contributed by atoms with E-state index in [9.17, 15) is 4.39 Å². The zero-order chi connectivity index (χ0) is 14.7. The smallest absolute Gasteiger partial charge is 0.165 e. The number of hydrogen-bond acceptors (Lipinski definition) is 4. The first-order chi connectivity index (χ1) is 9.56. The molecule has 0 aliphatic carbocycles. The van der Waals surface area contributed by atoms with Crippen LogP contribution >= 0.6 is 23.5 Å². The molecule has 4 atom stereocenters. The molecule has 1 fully saturated rings. The van der Waals surface area contributed by atoms with Crippen LogP contribution < -0.4 is 10.1 Å². The van der Waals surface area contributed by atoms with Crippen molar-refractivity contribution in [1.82, 2.24) is 5.32 Å². The molecular weight excluding hydrogens is 293 g/mol. The average Bonchev–Trinajstić information content (AvgIpc) is 2.44. The molecule has 1 aliphatic rings. The molecule has 112 valence electrons. The van der Waals surface area contributed by atoms with Crippen LogP contribution in [-0.4, -0.2) is 35.7 Å². The van der Waals surface area contributed by atoms with Gasteiger partial charge >= 0.3 is 0 Å². The number of thioether (sulfide) groups is 2. The first kappa shape index (κ1) is 16.0. The van der Waals surface area contributed by atoms with Gasteiger partial charge in [-0.2, -0.15) is 23.5 Å². The van der Waals surface area contributed by atoms with Crippen molar-refractivity contribution in [3.63, 3.8) is 0 Å². The number of hydrogen-bond donors (Lipinski definition) is 1. The summed E-state index contributed by atoms with van der Waals surface area (Å²) in [6.45, 7) is 4.55. The number of rotatable bonds is 4. The summed E-state index contributed by atoms with van der Waals surface area (Å²) in [6.07, 6.45) is 0. The molecule has 0 saturated carbocycles. The van der Waals surface area contributed by atoms with E-state index in [0.717, 1.165) is 11.3 Å².